The Bertz CT molecular complexity index is 157. The predicted octanol–water partition coefficient (Wildman–Crippen LogP) is 2.19. The molecule has 1 heterocycles. The van der Waals surface area contributed by atoms with Crippen LogP contribution in [0.15, 0.2) is 17.0 Å². The summed E-state index contributed by atoms with van der Waals surface area (Å²) in [6, 6.07) is 0. The van der Waals surface area contributed by atoms with Gasteiger partial charge in [0.1, 0.15) is 6.26 Å². The molecule has 50 valence electrons. The van der Waals surface area contributed by atoms with Crippen LogP contribution < -0.4 is 0 Å². The summed E-state index contributed by atoms with van der Waals surface area (Å²) in [5, 5.41) is 3.62. The van der Waals surface area contributed by atoms with Crippen LogP contribution in [0.5, 0.6) is 0 Å². The molecule has 1 rings (SSSR count). The zero-order valence-corrected chi connectivity index (χ0v) is 5.79. The van der Waals surface area contributed by atoms with E-state index in [0.717, 1.165) is 6.42 Å². The Morgan fingerprint density at radius 2 is 2.56 bits per heavy atom. The van der Waals surface area contributed by atoms with E-state index in [1.54, 1.807) is 12.5 Å². The minimum absolute atomic E-state index is 0.580. The van der Waals surface area contributed by atoms with Crippen molar-refractivity contribution in [3.05, 3.63) is 18.0 Å². The molecule has 1 aromatic rings. The van der Waals surface area contributed by atoms with Crippen LogP contribution in [-0.2, 0) is 0 Å². The lowest BCUT2D eigenvalue weighted by atomic mass is 10.0. The quantitative estimate of drug-likeness (QED) is 0.605. The van der Waals surface area contributed by atoms with Gasteiger partial charge in [-0.15, -0.1) is 0 Å². The topological polar surface area (TPSA) is 26.0 Å². The SMILES string of the molecule is CC[C@H](C)c1cnoc1. The lowest BCUT2D eigenvalue weighted by Crippen LogP contribution is -1.86. The highest BCUT2D eigenvalue weighted by Gasteiger charge is 2.02. The summed E-state index contributed by atoms with van der Waals surface area (Å²) in [6.45, 7) is 4.31. The van der Waals surface area contributed by atoms with Gasteiger partial charge in [0.2, 0.25) is 0 Å². The largest absolute Gasteiger partial charge is 0.364 e. The van der Waals surface area contributed by atoms with Crippen LogP contribution >= 0.6 is 0 Å². The minimum Gasteiger partial charge on any atom is -0.364 e. The van der Waals surface area contributed by atoms with E-state index >= 15 is 0 Å². The van der Waals surface area contributed by atoms with E-state index in [4.69, 9.17) is 0 Å². The molecule has 1 aromatic heterocycles. The van der Waals surface area contributed by atoms with Gasteiger partial charge in [0.15, 0.2) is 0 Å². The Kier molecular flexibility index (Phi) is 1.88. The second-order valence-corrected chi connectivity index (χ2v) is 2.27. The molecule has 0 bridgehead atoms. The normalized spacial score (nSPS) is 13.6. The third kappa shape index (κ3) is 1.31. The summed E-state index contributed by atoms with van der Waals surface area (Å²) < 4.78 is 4.69. The van der Waals surface area contributed by atoms with E-state index in [1.807, 2.05) is 0 Å². The maximum absolute atomic E-state index is 4.69. The Hall–Kier alpha value is -0.790. The third-order valence-corrected chi connectivity index (χ3v) is 1.63. The van der Waals surface area contributed by atoms with Gasteiger partial charge in [0, 0.05) is 5.56 Å². The number of nitrogens with zero attached hydrogens (tertiary/aromatic N) is 1. The van der Waals surface area contributed by atoms with Crippen molar-refractivity contribution in [1.29, 1.82) is 0 Å². The van der Waals surface area contributed by atoms with Crippen molar-refractivity contribution in [3.63, 3.8) is 0 Å². The summed E-state index contributed by atoms with van der Waals surface area (Å²) in [6.07, 6.45) is 4.61. The van der Waals surface area contributed by atoms with Gasteiger partial charge in [-0.3, -0.25) is 0 Å². The van der Waals surface area contributed by atoms with Crippen LogP contribution in [0.1, 0.15) is 31.7 Å². The zero-order chi connectivity index (χ0) is 6.69. The zero-order valence-electron chi connectivity index (χ0n) is 5.79. The smallest absolute Gasteiger partial charge is 0.127 e. The molecule has 0 amide bonds. The van der Waals surface area contributed by atoms with Gasteiger partial charge >= 0.3 is 0 Å². The summed E-state index contributed by atoms with van der Waals surface area (Å²) in [5.74, 6) is 0.580. The van der Waals surface area contributed by atoms with Crippen molar-refractivity contribution in [1.82, 2.24) is 5.16 Å². The Labute approximate surface area is 54.9 Å². The molecular weight excluding hydrogens is 114 g/mol. The summed E-state index contributed by atoms with van der Waals surface area (Å²) >= 11 is 0. The van der Waals surface area contributed by atoms with Crippen LogP contribution in [0.25, 0.3) is 0 Å². The highest BCUT2D eigenvalue weighted by Crippen LogP contribution is 2.16. The van der Waals surface area contributed by atoms with Gasteiger partial charge in [-0.2, -0.15) is 0 Å². The lowest BCUT2D eigenvalue weighted by molar-refractivity contribution is 0.418. The first-order valence-electron chi connectivity index (χ1n) is 3.24. The fourth-order valence-corrected chi connectivity index (χ4v) is 0.692. The van der Waals surface area contributed by atoms with Gasteiger partial charge < -0.3 is 4.52 Å². The maximum Gasteiger partial charge on any atom is 0.127 e. The van der Waals surface area contributed by atoms with Crippen LogP contribution in [0.4, 0.5) is 0 Å². The minimum atomic E-state index is 0.580. The molecular formula is C7H11NO. The molecule has 0 aliphatic rings. The Balaban J connectivity index is 2.65. The number of hydrogen-bond acceptors (Lipinski definition) is 2. The van der Waals surface area contributed by atoms with Crippen LogP contribution in [0.3, 0.4) is 0 Å². The van der Waals surface area contributed by atoms with E-state index < -0.39 is 0 Å². The van der Waals surface area contributed by atoms with Crippen molar-refractivity contribution < 1.29 is 4.52 Å². The van der Waals surface area contributed by atoms with Crippen molar-refractivity contribution in [2.75, 3.05) is 0 Å². The van der Waals surface area contributed by atoms with Crippen molar-refractivity contribution >= 4 is 0 Å². The first-order chi connectivity index (χ1) is 4.34. The first kappa shape index (κ1) is 6.33. The number of hydrogen-bond donors (Lipinski definition) is 0. The molecule has 2 heteroatoms. The van der Waals surface area contributed by atoms with Crippen molar-refractivity contribution in [2.24, 2.45) is 0 Å². The van der Waals surface area contributed by atoms with Gasteiger partial charge in [-0.05, 0) is 12.3 Å². The molecule has 0 saturated carbocycles. The molecule has 1 atom stereocenters. The van der Waals surface area contributed by atoms with E-state index in [0.29, 0.717) is 5.92 Å². The molecule has 0 aliphatic heterocycles. The highest BCUT2D eigenvalue weighted by atomic mass is 16.5. The van der Waals surface area contributed by atoms with Gasteiger partial charge in [0.25, 0.3) is 0 Å². The molecule has 0 N–H and O–H groups in total. The molecule has 0 aliphatic carbocycles. The molecule has 0 unspecified atom stereocenters. The molecule has 0 saturated heterocycles. The van der Waals surface area contributed by atoms with E-state index in [1.165, 1.54) is 5.56 Å². The van der Waals surface area contributed by atoms with E-state index in [9.17, 15) is 0 Å². The average molecular weight is 125 g/mol. The summed E-state index contributed by atoms with van der Waals surface area (Å²) in [4.78, 5) is 0. The fourth-order valence-electron chi connectivity index (χ4n) is 0.692. The second kappa shape index (κ2) is 2.67. The van der Waals surface area contributed by atoms with E-state index in [-0.39, 0.29) is 0 Å². The molecule has 0 aromatic carbocycles. The van der Waals surface area contributed by atoms with Crippen LogP contribution in [-0.4, -0.2) is 5.16 Å². The van der Waals surface area contributed by atoms with Crippen molar-refractivity contribution in [2.45, 2.75) is 26.2 Å². The van der Waals surface area contributed by atoms with E-state index in [2.05, 4.69) is 23.5 Å². The molecule has 0 fully saturated rings. The molecule has 0 radical (unpaired) electrons. The fraction of sp³-hybridized carbons (Fsp3) is 0.571. The average Bonchev–Trinajstić information content (AvgIpc) is 2.37. The van der Waals surface area contributed by atoms with Gasteiger partial charge in [-0.25, -0.2) is 0 Å². The number of rotatable bonds is 2. The second-order valence-electron chi connectivity index (χ2n) is 2.27. The van der Waals surface area contributed by atoms with Gasteiger partial charge in [0.05, 0.1) is 6.20 Å². The summed E-state index contributed by atoms with van der Waals surface area (Å²) in [5.41, 5.74) is 1.19. The lowest BCUT2D eigenvalue weighted by Gasteiger charge is -2.00. The maximum atomic E-state index is 4.69. The standard InChI is InChI=1S/C7H11NO/c1-3-6(2)7-4-8-9-5-7/h4-6H,3H2,1-2H3/t6-/m0/s1. The van der Waals surface area contributed by atoms with Crippen LogP contribution in [0.2, 0.25) is 0 Å². The molecule has 2 nitrogen and oxygen atoms in total. The Morgan fingerprint density at radius 1 is 1.78 bits per heavy atom. The predicted molar refractivity (Wildman–Crippen MR) is 35.2 cm³/mol. The molecule has 9 heavy (non-hydrogen) atoms. The van der Waals surface area contributed by atoms with Crippen molar-refractivity contribution in [3.8, 4) is 0 Å². The number of aromatic nitrogens is 1. The monoisotopic (exact) mass is 125 g/mol. The first-order valence-corrected chi connectivity index (χ1v) is 3.24. The highest BCUT2D eigenvalue weighted by molar-refractivity contribution is 5.06. The Morgan fingerprint density at radius 3 is 3.00 bits per heavy atom. The van der Waals surface area contributed by atoms with Crippen LogP contribution in [0, 0.1) is 0 Å². The third-order valence-electron chi connectivity index (χ3n) is 1.63. The van der Waals surface area contributed by atoms with Gasteiger partial charge in [-0.1, -0.05) is 19.0 Å². The molecule has 0 spiro atoms. The summed E-state index contributed by atoms with van der Waals surface area (Å²) in [7, 11) is 0.